The van der Waals surface area contributed by atoms with E-state index in [1.54, 1.807) is 0 Å². The first-order valence-corrected chi connectivity index (χ1v) is 5.15. The molecular weight excluding hydrogens is 198 g/mol. The zero-order chi connectivity index (χ0) is 12.4. The van der Waals surface area contributed by atoms with Gasteiger partial charge >= 0.3 is 0 Å². The third kappa shape index (κ3) is 5.35. The van der Waals surface area contributed by atoms with Crippen LogP contribution in [0.3, 0.4) is 0 Å². The smallest absolute Gasteiger partial charge is 0.165 e. The quantitative estimate of drug-likeness (QED) is 0.681. The van der Waals surface area contributed by atoms with Gasteiger partial charge in [-0.3, -0.25) is 0 Å². The van der Waals surface area contributed by atoms with Gasteiger partial charge in [0.1, 0.15) is 5.82 Å². The Labute approximate surface area is 91.1 Å². The van der Waals surface area contributed by atoms with Gasteiger partial charge in [-0.25, -0.2) is 8.78 Å². The molecule has 0 saturated heterocycles. The highest BCUT2D eigenvalue weighted by Gasteiger charge is 2.05. The Kier molecular flexibility index (Phi) is 10.3. The summed E-state index contributed by atoms with van der Waals surface area (Å²) in [6.07, 6.45) is 0. The minimum absolute atomic E-state index is 0.0619. The molecule has 0 N–H and O–H groups in total. The van der Waals surface area contributed by atoms with Crippen molar-refractivity contribution in [2.75, 3.05) is 7.11 Å². The largest absolute Gasteiger partial charge is 0.494 e. The number of rotatable bonds is 1. The summed E-state index contributed by atoms with van der Waals surface area (Å²) < 4.78 is 30.0. The molecule has 88 valence electrons. The molecule has 0 fully saturated rings. The molecule has 0 spiro atoms. The summed E-state index contributed by atoms with van der Waals surface area (Å²) in [7, 11) is 1.30. The van der Waals surface area contributed by atoms with Crippen LogP contribution in [0.25, 0.3) is 0 Å². The van der Waals surface area contributed by atoms with Gasteiger partial charge in [-0.1, -0.05) is 27.7 Å². The predicted molar refractivity (Wildman–Crippen MR) is 60.3 cm³/mol. The van der Waals surface area contributed by atoms with Gasteiger partial charge < -0.3 is 4.74 Å². The van der Waals surface area contributed by atoms with E-state index in [1.807, 2.05) is 27.7 Å². The zero-order valence-electron chi connectivity index (χ0n) is 10.3. The first kappa shape index (κ1) is 16.3. The molecule has 0 bridgehead atoms. The van der Waals surface area contributed by atoms with Crippen LogP contribution in [0.1, 0.15) is 33.3 Å². The Bertz CT molecular complexity index is 273. The molecule has 0 atom stereocenters. The van der Waals surface area contributed by atoms with Gasteiger partial charge in [0, 0.05) is 6.07 Å². The maximum Gasteiger partial charge on any atom is 0.165 e. The third-order valence-corrected chi connectivity index (χ3v) is 1.43. The normalized spacial score (nSPS) is 8.00. The molecule has 0 aromatic heterocycles. The summed E-state index contributed by atoms with van der Waals surface area (Å²) >= 11 is 0. The van der Waals surface area contributed by atoms with Gasteiger partial charge in [0.2, 0.25) is 0 Å². The van der Waals surface area contributed by atoms with Gasteiger partial charge in [0.05, 0.1) is 7.11 Å². The summed E-state index contributed by atoms with van der Waals surface area (Å²) in [6.45, 7) is 9.50. The Balaban J connectivity index is 0. The van der Waals surface area contributed by atoms with Gasteiger partial charge in [0.25, 0.3) is 0 Å². The van der Waals surface area contributed by atoms with Crippen LogP contribution in [-0.4, -0.2) is 7.11 Å². The van der Waals surface area contributed by atoms with Crippen LogP contribution in [0, 0.1) is 18.6 Å². The molecule has 1 rings (SSSR count). The second kappa shape index (κ2) is 9.44. The number of aryl methyl sites for hydroxylation is 1. The van der Waals surface area contributed by atoms with E-state index in [4.69, 9.17) is 0 Å². The van der Waals surface area contributed by atoms with Crippen LogP contribution in [0.15, 0.2) is 12.1 Å². The number of halogens is 2. The van der Waals surface area contributed by atoms with E-state index < -0.39 is 11.6 Å². The van der Waals surface area contributed by atoms with Crippen LogP contribution in [-0.2, 0) is 0 Å². The predicted octanol–water partition coefficient (Wildman–Crippen LogP) is 4.33. The molecule has 0 aliphatic rings. The molecule has 15 heavy (non-hydrogen) atoms. The van der Waals surface area contributed by atoms with E-state index in [2.05, 4.69) is 4.74 Å². The first-order chi connectivity index (χ1) is 7.15. The molecule has 1 aromatic carbocycles. The van der Waals surface area contributed by atoms with Crippen molar-refractivity contribution in [3.8, 4) is 5.75 Å². The second-order valence-corrected chi connectivity index (χ2v) is 2.24. The monoisotopic (exact) mass is 218 g/mol. The van der Waals surface area contributed by atoms with Crippen molar-refractivity contribution in [1.29, 1.82) is 0 Å². The number of hydrogen-bond donors (Lipinski definition) is 0. The SMILES string of the molecule is CC.CC.COc1cc(F)c(C)cc1F. The fourth-order valence-electron chi connectivity index (χ4n) is 0.784. The van der Waals surface area contributed by atoms with Gasteiger partial charge in [-0.15, -0.1) is 0 Å². The summed E-state index contributed by atoms with van der Waals surface area (Å²) in [5, 5.41) is 0. The highest BCUT2D eigenvalue weighted by atomic mass is 19.1. The number of ether oxygens (including phenoxy) is 1. The number of benzene rings is 1. The van der Waals surface area contributed by atoms with Crippen molar-refractivity contribution < 1.29 is 13.5 Å². The minimum atomic E-state index is -0.536. The van der Waals surface area contributed by atoms with Crippen molar-refractivity contribution in [3.63, 3.8) is 0 Å². The maximum absolute atomic E-state index is 12.7. The molecule has 0 radical (unpaired) electrons. The average Bonchev–Trinajstić information content (AvgIpc) is 2.29. The van der Waals surface area contributed by atoms with E-state index in [-0.39, 0.29) is 11.3 Å². The molecule has 1 nitrogen and oxygen atoms in total. The van der Waals surface area contributed by atoms with Crippen molar-refractivity contribution in [2.45, 2.75) is 34.6 Å². The molecule has 0 unspecified atom stereocenters. The maximum atomic E-state index is 12.7. The fraction of sp³-hybridized carbons (Fsp3) is 0.500. The highest BCUT2D eigenvalue weighted by molar-refractivity contribution is 5.29. The number of methoxy groups -OCH3 is 1. The van der Waals surface area contributed by atoms with Crippen LogP contribution in [0.5, 0.6) is 5.75 Å². The van der Waals surface area contributed by atoms with Gasteiger partial charge in [0.15, 0.2) is 11.6 Å². The van der Waals surface area contributed by atoms with Crippen molar-refractivity contribution in [2.24, 2.45) is 0 Å². The topological polar surface area (TPSA) is 9.23 Å². The molecule has 0 aliphatic carbocycles. The lowest BCUT2D eigenvalue weighted by atomic mass is 10.2. The Morgan fingerprint density at radius 3 is 1.80 bits per heavy atom. The number of hydrogen-bond acceptors (Lipinski definition) is 1. The Hall–Kier alpha value is -1.12. The standard InChI is InChI=1S/C8H8F2O.2C2H6/c1-5-3-7(10)8(11-2)4-6(5)9;2*1-2/h3-4H,1-2H3;2*1-2H3. The fourth-order valence-corrected chi connectivity index (χ4v) is 0.784. The summed E-state index contributed by atoms with van der Waals surface area (Å²) in [4.78, 5) is 0. The van der Waals surface area contributed by atoms with Crippen LogP contribution < -0.4 is 4.74 Å². The lowest BCUT2D eigenvalue weighted by Gasteiger charge is -2.02. The van der Waals surface area contributed by atoms with Crippen LogP contribution in [0.2, 0.25) is 0 Å². The molecule has 0 amide bonds. The molecule has 1 aromatic rings. The summed E-state index contributed by atoms with van der Waals surface area (Å²) in [5.74, 6) is -1.05. The Morgan fingerprint density at radius 1 is 0.933 bits per heavy atom. The Morgan fingerprint density at radius 2 is 1.40 bits per heavy atom. The molecule has 3 heteroatoms. The zero-order valence-corrected chi connectivity index (χ0v) is 10.3. The van der Waals surface area contributed by atoms with E-state index >= 15 is 0 Å². The third-order valence-electron chi connectivity index (χ3n) is 1.43. The lowest BCUT2D eigenvalue weighted by molar-refractivity contribution is 0.382. The minimum Gasteiger partial charge on any atom is -0.494 e. The molecular formula is C12H20F2O. The molecule has 0 aliphatic heterocycles. The van der Waals surface area contributed by atoms with E-state index in [0.717, 1.165) is 12.1 Å². The van der Waals surface area contributed by atoms with E-state index in [1.165, 1.54) is 14.0 Å². The highest BCUT2D eigenvalue weighted by Crippen LogP contribution is 2.20. The van der Waals surface area contributed by atoms with Crippen LogP contribution >= 0.6 is 0 Å². The van der Waals surface area contributed by atoms with Crippen LogP contribution in [0.4, 0.5) is 8.78 Å². The summed E-state index contributed by atoms with van der Waals surface area (Å²) in [5.41, 5.74) is 0.281. The first-order valence-electron chi connectivity index (χ1n) is 5.15. The summed E-state index contributed by atoms with van der Waals surface area (Å²) in [6, 6.07) is 2.14. The second-order valence-electron chi connectivity index (χ2n) is 2.24. The van der Waals surface area contributed by atoms with Gasteiger partial charge in [-0.2, -0.15) is 0 Å². The van der Waals surface area contributed by atoms with Gasteiger partial charge in [-0.05, 0) is 18.6 Å². The van der Waals surface area contributed by atoms with E-state index in [9.17, 15) is 8.78 Å². The average molecular weight is 218 g/mol. The van der Waals surface area contributed by atoms with Crippen molar-refractivity contribution in [1.82, 2.24) is 0 Å². The van der Waals surface area contributed by atoms with Crippen molar-refractivity contribution >= 4 is 0 Å². The molecule has 0 heterocycles. The van der Waals surface area contributed by atoms with Crippen molar-refractivity contribution in [3.05, 3.63) is 29.3 Å². The lowest BCUT2D eigenvalue weighted by Crippen LogP contribution is -1.91. The molecule has 0 saturated carbocycles. The van der Waals surface area contributed by atoms with E-state index in [0.29, 0.717) is 0 Å².